The first-order valence-corrected chi connectivity index (χ1v) is 6.08. The van der Waals surface area contributed by atoms with E-state index in [2.05, 4.69) is 0 Å². The van der Waals surface area contributed by atoms with Gasteiger partial charge in [0.15, 0.2) is 0 Å². The van der Waals surface area contributed by atoms with Gasteiger partial charge in [0.2, 0.25) is 0 Å². The molecule has 0 saturated heterocycles. The van der Waals surface area contributed by atoms with Crippen LogP contribution in [0.4, 0.5) is 0 Å². The molecule has 100 valence electrons. The van der Waals surface area contributed by atoms with Gasteiger partial charge in [-0.2, -0.15) is 5.26 Å². The standard InChI is InChI=1S/C9H15N3.C2H7N.C2H6/c1-7(8(2)11)9(12)5-3-4-6-10;1-2-3;1-2/h12H,3-5,11H2,1-2H3;2-3H2,1H3;1-2H3/b8-7+,12-9?;;. The summed E-state index contributed by atoms with van der Waals surface area (Å²) in [7, 11) is 0. The molecule has 0 amide bonds. The third kappa shape index (κ3) is 17.3. The summed E-state index contributed by atoms with van der Waals surface area (Å²) in [5, 5.41) is 15.8. The van der Waals surface area contributed by atoms with Gasteiger partial charge in [-0.1, -0.05) is 20.8 Å². The first-order valence-electron chi connectivity index (χ1n) is 6.08. The highest BCUT2D eigenvalue weighted by Crippen LogP contribution is 2.06. The van der Waals surface area contributed by atoms with Crippen molar-refractivity contribution in [3.63, 3.8) is 0 Å². The molecule has 0 atom stereocenters. The SMILES string of the molecule is C/C(N)=C(/C)C(=N)CCCC#N.CC.CCN. The Bertz CT molecular complexity index is 245. The molecule has 0 aliphatic heterocycles. The molecule has 4 nitrogen and oxygen atoms in total. The van der Waals surface area contributed by atoms with Crippen LogP contribution in [0.25, 0.3) is 0 Å². The van der Waals surface area contributed by atoms with Gasteiger partial charge < -0.3 is 16.9 Å². The molecule has 17 heavy (non-hydrogen) atoms. The lowest BCUT2D eigenvalue weighted by atomic mass is 10.1. The van der Waals surface area contributed by atoms with Gasteiger partial charge in [0.05, 0.1) is 6.07 Å². The van der Waals surface area contributed by atoms with E-state index in [1.165, 1.54) is 0 Å². The summed E-state index contributed by atoms with van der Waals surface area (Å²) in [4.78, 5) is 0. The van der Waals surface area contributed by atoms with E-state index in [0.717, 1.165) is 18.5 Å². The number of allylic oxidation sites excluding steroid dienone is 2. The molecule has 0 saturated carbocycles. The maximum atomic E-state index is 8.27. The Kier molecular flexibility index (Phi) is 21.1. The van der Waals surface area contributed by atoms with Crippen LogP contribution in [0, 0.1) is 16.7 Å². The van der Waals surface area contributed by atoms with Gasteiger partial charge in [-0.25, -0.2) is 0 Å². The number of rotatable bonds is 4. The number of nitriles is 1. The molecule has 5 N–H and O–H groups in total. The van der Waals surface area contributed by atoms with Crippen molar-refractivity contribution in [3.05, 3.63) is 11.3 Å². The van der Waals surface area contributed by atoms with Crippen molar-refractivity contribution in [1.29, 1.82) is 10.7 Å². The van der Waals surface area contributed by atoms with E-state index in [1.54, 1.807) is 6.92 Å². The summed E-state index contributed by atoms with van der Waals surface area (Å²) >= 11 is 0. The monoisotopic (exact) mass is 240 g/mol. The Morgan fingerprint density at radius 3 is 2.00 bits per heavy atom. The Morgan fingerprint density at radius 2 is 1.71 bits per heavy atom. The minimum Gasteiger partial charge on any atom is -0.402 e. The second-order valence-electron chi connectivity index (χ2n) is 3.21. The Morgan fingerprint density at radius 1 is 1.29 bits per heavy atom. The van der Waals surface area contributed by atoms with Crippen molar-refractivity contribution in [3.8, 4) is 6.07 Å². The molecule has 0 aliphatic rings. The summed E-state index contributed by atoms with van der Waals surface area (Å²) in [6, 6.07) is 2.05. The molecule has 0 radical (unpaired) electrons. The van der Waals surface area contributed by atoms with Crippen molar-refractivity contribution in [2.45, 2.75) is 53.9 Å². The van der Waals surface area contributed by atoms with Crippen molar-refractivity contribution in [2.75, 3.05) is 6.54 Å². The van der Waals surface area contributed by atoms with Gasteiger partial charge in [-0.15, -0.1) is 0 Å². The van der Waals surface area contributed by atoms with Crippen LogP contribution in [-0.4, -0.2) is 12.3 Å². The second kappa shape index (κ2) is 17.1. The third-order valence-corrected chi connectivity index (χ3v) is 1.76. The van der Waals surface area contributed by atoms with Crippen molar-refractivity contribution in [2.24, 2.45) is 11.5 Å². The molecule has 0 aromatic heterocycles. The molecule has 0 spiro atoms. The first kappa shape index (κ1) is 21.0. The highest BCUT2D eigenvalue weighted by atomic mass is 14.6. The minimum absolute atomic E-state index is 0.513. The molecule has 0 unspecified atom stereocenters. The highest BCUT2D eigenvalue weighted by molar-refractivity contribution is 5.97. The Balaban J connectivity index is -0.000000337. The molecule has 0 aromatic carbocycles. The average molecular weight is 240 g/mol. The van der Waals surface area contributed by atoms with Gasteiger partial charge in [0, 0.05) is 17.8 Å². The third-order valence-electron chi connectivity index (χ3n) is 1.76. The minimum atomic E-state index is 0.513. The van der Waals surface area contributed by atoms with Gasteiger partial charge >= 0.3 is 0 Å². The number of hydrogen-bond acceptors (Lipinski definition) is 4. The van der Waals surface area contributed by atoms with Crippen LogP contribution in [0.1, 0.15) is 53.9 Å². The normalized spacial score (nSPS) is 9.71. The lowest BCUT2D eigenvalue weighted by molar-refractivity contribution is 0.895. The van der Waals surface area contributed by atoms with E-state index in [9.17, 15) is 0 Å². The number of nitrogens with one attached hydrogen (secondary N) is 1. The summed E-state index contributed by atoms with van der Waals surface area (Å²) in [6.07, 6.45) is 1.91. The lowest BCUT2D eigenvalue weighted by Gasteiger charge is -2.04. The zero-order valence-electron chi connectivity index (χ0n) is 11.9. The largest absolute Gasteiger partial charge is 0.402 e. The van der Waals surface area contributed by atoms with E-state index in [-0.39, 0.29) is 0 Å². The van der Waals surface area contributed by atoms with Gasteiger partial charge in [-0.3, -0.25) is 0 Å². The van der Waals surface area contributed by atoms with E-state index < -0.39 is 0 Å². The summed E-state index contributed by atoms with van der Waals surface area (Å²) in [5.74, 6) is 0. The smallest absolute Gasteiger partial charge is 0.0621 e. The van der Waals surface area contributed by atoms with Crippen LogP contribution in [0.2, 0.25) is 0 Å². The lowest BCUT2D eigenvalue weighted by Crippen LogP contribution is -2.05. The van der Waals surface area contributed by atoms with Gasteiger partial charge in [-0.05, 0) is 38.8 Å². The van der Waals surface area contributed by atoms with E-state index in [1.807, 2.05) is 33.8 Å². The van der Waals surface area contributed by atoms with E-state index in [0.29, 0.717) is 24.3 Å². The highest BCUT2D eigenvalue weighted by Gasteiger charge is 2.01. The quantitative estimate of drug-likeness (QED) is 0.520. The predicted molar refractivity (Wildman–Crippen MR) is 75.8 cm³/mol. The van der Waals surface area contributed by atoms with Gasteiger partial charge in [0.25, 0.3) is 0 Å². The molecule has 0 bridgehead atoms. The van der Waals surface area contributed by atoms with E-state index in [4.69, 9.17) is 22.1 Å². The average Bonchev–Trinajstić information content (AvgIpc) is 2.31. The second-order valence-corrected chi connectivity index (χ2v) is 3.21. The fourth-order valence-electron chi connectivity index (χ4n) is 0.770. The Labute approximate surface area is 106 Å². The van der Waals surface area contributed by atoms with Crippen LogP contribution in [-0.2, 0) is 0 Å². The fourth-order valence-corrected chi connectivity index (χ4v) is 0.770. The van der Waals surface area contributed by atoms with Crippen LogP contribution in [0.15, 0.2) is 11.3 Å². The van der Waals surface area contributed by atoms with Crippen LogP contribution >= 0.6 is 0 Å². The topological polar surface area (TPSA) is 99.7 Å². The molecule has 0 heterocycles. The molecule has 0 aliphatic carbocycles. The van der Waals surface area contributed by atoms with Gasteiger partial charge in [0.1, 0.15) is 0 Å². The summed E-state index contributed by atoms with van der Waals surface area (Å²) in [6.45, 7) is 10.3. The molecule has 0 rings (SSSR count). The summed E-state index contributed by atoms with van der Waals surface area (Å²) in [5.41, 5.74) is 12.4. The zero-order valence-corrected chi connectivity index (χ0v) is 11.9. The van der Waals surface area contributed by atoms with Crippen molar-refractivity contribution < 1.29 is 0 Å². The van der Waals surface area contributed by atoms with Crippen LogP contribution in [0.5, 0.6) is 0 Å². The van der Waals surface area contributed by atoms with E-state index >= 15 is 0 Å². The number of nitrogens with two attached hydrogens (primary N) is 2. The molecule has 4 heteroatoms. The van der Waals surface area contributed by atoms with Crippen LogP contribution < -0.4 is 11.5 Å². The fraction of sp³-hybridized carbons (Fsp3) is 0.692. The number of unbranched alkanes of at least 4 members (excludes halogenated alkanes) is 1. The maximum absolute atomic E-state index is 8.27. The molecular weight excluding hydrogens is 212 g/mol. The summed E-state index contributed by atoms with van der Waals surface area (Å²) < 4.78 is 0. The molecular formula is C13H28N4. The number of nitrogens with zero attached hydrogens (tertiary/aromatic N) is 1. The van der Waals surface area contributed by atoms with Crippen molar-refractivity contribution in [1.82, 2.24) is 0 Å². The maximum Gasteiger partial charge on any atom is 0.0621 e. The molecule has 0 aromatic rings. The van der Waals surface area contributed by atoms with Crippen molar-refractivity contribution >= 4 is 5.71 Å². The Hall–Kier alpha value is -1.34. The van der Waals surface area contributed by atoms with Crippen LogP contribution in [0.3, 0.4) is 0 Å². The predicted octanol–water partition coefficient (Wildman–Crippen LogP) is 2.94. The number of hydrogen-bond donors (Lipinski definition) is 3. The first-order chi connectivity index (χ1) is 8.01. The zero-order chi connectivity index (χ0) is 14.3. The molecule has 0 fully saturated rings.